The van der Waals surface area contributed by atoms with Gasteiger partial charge in [0.1, 0.15) is 5.15 Å². The van der Waals surface area contributed by atoms with Crippen LogP contribution in [0.1, 0.15) is 43.7 Å². The van der Waals surface area contributed by atoms with Gasteiger partial charge in [0.25, 0.3) is 5.91 Å². The van der Waals surface area contributed by atoms with Gasteiger partial charge >= 0.3 is 0 Å². The molecule has 100 valence electrons. The largest absolute Gasteiger partial charge is 0.394 e. The Morgan fingerprint density at radius 1 is 1.50 bits per heavy atom. The Kier molecular flexibility index (Phi) is 4.71. The highest BCUT2D eigenvalue weighted by Crippen LogP contribution is 2.23. The molecule has 0 fully saturated rings. The molecule has 1 atom stereocenters. The molecule has 0 unspecified atom stereocenters. The molecule has 0 radical (unpaired) electrons. The molecule has 1 heterocycles. The molecule has 2 N–H and O–H groups in total. The summed E-state index contributed by atoms with van der Waals surface area (Å²) >= 11 is 5.93. The average Bonchev–Trinajstić information content (AvgIpc) is 2.26. The van der Waals surface area contributed by atoms with Crippen molar-refractivity contribution in [2.24, 2.45) is 0 Å². The fourth-order valence-corrected chi connectivity index (χ4v) is 1.57. The molecule has 18 heavy (non-hydrogen) atoms. The van der Waals surface area contributed by atoms with Gasteiger partial charge < -0.3 is 10.4 Å². The lowest BCUT2D eigenvalue weighted by molar-refractivity contribution is 0.0922. The molecule has 1 aromatic rings. The molecule has 0 aliphatic heterocycles. The Hall–Kier alpha value is -1.13. The van der Waals surface area contributed by atoms with Crippen molar-refractivity contribution in [1.29, 1.82) is 0 Å². The summed E-state index contributed by atoms with van der Waals surface area (Å²) in [6.45, 7) is 7.64. The summed E-state index contributed by atoms with van der Waals surface area (Å²) in [5, 5.41) is 11.9. The Balaban J connectivity index is 3.03. The van der Waals surface area contributed by atoms with E-state index in [1.165, 1.54) is 6.07 Å². The normalized spacial score (nSPS) is 13.2. The van der Waals surface area contributed by atoms with E-state index in [1.807, 2.05) is 20.8 Å². The predicted octanol–water partition coefficient (Wildman–Crippen LogP) is 2.14. The first-order valence-corrected chi connectivity index (χ1v) is 6.21. The quantitative estimate of drug-likeness (QED) is 0.828. The van der Waals surface area contributed by atoms with Crippen molar-refractivity contribution in [1.82, 2.24) is 10.3 Å². The maximum Gasteiger partial charge on any atom is 0.251 e. The minimum absolute atomic E-state index is 0.101. The molecule has 0 bridgehead atoms. The second-order valence-electron chi connectivity index (χ2n) is 5.37. The van der Waals surface area contributed by atoms with Crippen molar-refractivity contribution < 1.29 is 9.90 Å². The molecule has 4 nitrogen and oxygen atoms in total. The maximum absolute atomic E-state index is 11.9. The first-order chi connectivity index (χ1) is 8.24. The van der Waals surface area contributed by atoms with Gasteiger partial charge in [-0.15, -0.1) is 0 Å². The van der Waals surface area contributed by atoms with E-state index in [2.05, 4.69) is 10.3 Å². The second kappa shape index (κ2) is 5.67. The number of carbonyl (C=O) groups is 1. The van der Waals surface area contributed by atoms with E-state index in [-0.39, 0.29) is 24.0 Å². The lowest BCUT2D eigenvalue weighted by atomic mass is 9.91. The predicted molar refractivity (Wildman–Crippen MR) is 72.0 cm³/mol. The smallest absolute Gasteiger partial charge is 0.251 e. The number of aliphatic hydroxyl groups excluding tert-OH is 1. The van der Waals surface area contributed by atoms with Crippen molar-refractivity contribution in [2.75, 3.05) is 6.61 Å². The summed E-state index contributed by atoms with van der Waals surface area (Å²) in [6, 6.07) is 2.96. The highest BCUT2D eigenvalue weighted by molar-refractivity contribution is 6.29. The van der Waals surface area contributed by atoms with E-state index in [0.29, 0.717) is 10.7 Å². The number of amides is 1. The summed E-state index contributed by atoms with van der Waals surface area (Å²) in [6.07, 6.45) is 0. The average molecular weight is 271 g/mol. The molecule has 0 saturated heterocycles. The highest BCUT2D eigenvalue weighted by Gasteiger charge is 2.19. The van der Waals surface area contributed by atoms with Crippen molar-refractivity contribution in [3.05, 3.63) is 28.5 Å². The summed E-state index contributed by atoms with van der Waals surface area (Å²) in [5.74, 6) is -0.258. The number of halogens is 1. The van der Waals surface area contributed by atoms with Crippen LogP contribution in [0.3, 0.4) is 0 Å². The van der Waals surface area contributed by atoms with Crippen molar-refractivity contribution in [2.45, 2.75) is 39.2 Å². The van der Waals surface area contributed by atoms with E-state index in [1.54, 1.807) is 13.0 Å². The number of pyridine rings is 1. The van der Waals surface area contributed by atoms with Crippen molar-refractivity contribution in [3.63, 3.8) is 0 Å². The summed E-state index contributed by atoms with van der Waals surface area (Å²) in [7, 11) is 0. The molecule has 1 aromatic heterocycles. The van der Waals surface area contributed by atoms with Gasteiger partial charge in [0.2, 0.25) is 0 Å². The van der Waals surface area contributed by atoms with Crippen LogP contribution in [0, 0.1) is 0 Å². The van der Waals surface area contributed by atoms with Crippen molar-refractivity contribution >= 4 is 17.5 Å². The van der Waals surface area contributed by atoms with E-state index in [4.69, 9.17) is 16.7 Å². The minimum Gasteiger partial charge on any atom is -0.394 e. The first kappa shape index (κ1) is 14.9. The summed E-state index contributed by atoms with van der Waals surface area (Å²) in [5.41, 5.74) is 1.04. The Bertz CT molecular complexity index is 441. The van der Waals surface area contributed by atoms with Crippen LogP contribution in [-0.4, -0.2) is 28.6 Å². The van der Waals surface area contributed by atoms with Crippen LogP contribution in [0.15, 0.2) is 12.1 Å². The summed E-state index contributed by atoms with van der Waals surface area (Å²) in [4.78, 5) is 16.2. The number of aromatic nitrogens is 1. The fourth-order valence-electron chi connectivity index (χ4n) is 1.36. The number of rotatable bonds is 3. The monoisotopic (exact) mass is 270 g/mol. The molecule has 1 amide bonds. The van der Waals surface area contributed by atoms with Crippen LogP contribution in [0.5, 0.6) is 0 Å². The molecule has 0 aliphatic rings. The molecular weight excluding hydrogens is 252 g/mol. The lowest BCUT2D eigenvalue weighted by Crippen LogP contribution is -2.35. The number of aliphatic hydroxyl groups is 1. The first-order valence-electron chi connectivity index (χ1n) is 5.84. The van der Waals surface area contributed by atoms with Gasteiger partial charge in [0.15, 0.2) is 0 Å². The third-order valence-electron chi connectivity index (χ3n) is 2.48. The molecule has 0 aromatic carbocycles. The van der Waals surface area contributed by atoms with Gasteiger partial charge in [0, 0.05) is 22.7 Å². The Morgan fingerprint density at radius 3 is 2.61 bits per heavy atom. The molecule has 1 rings (SSSR count). The molecule has 5 heteroatoms. The zero-order valence-corrected chi connectivity index (χ0v) is 11.9. The van der Waals surface area contributed by atoms with Gasteiger partial charge in [-0.1, -0.05) is 32.4 Å². The number of nitrogens with one attached hydrogen (secondary N) is 1. The van der Waals surface area contributed by atoms with Crippen LogP contribution < -0.4 is 5.32 Å². The molecule has 0 aliphatic carbocycles. The van der Waals surface area contributed by atoms with Gasteiger partial charge in [0.05, 0.1) is 6.61 Å². The van der Waals surface area contributed by atoms with Crippen LogP contribution in [0.25, 0.3) is 0 Å². The number of nitrogens with zero attached hydrogens (tertiary/aromatic N) is 1. The number of carbonyl (C=O) groups excluding carboxylic acids is 1. The fraction of sp³-hybridized carbons (Fsp3) is 0.538. The van der Waals surface area contributed by atoms with Crippen LogP contribution >= 0.6 is 11.6 Å². The highest BCUT2D eigenvalue weighted by atomic mass is 35.5. The summed E-state index contributed by atoms with van der Waals surface area (Å²) < 4.78 is 0. The van der Waals surface area contributed by atoms with E-state index < -0.39 is 0 Å². The van der Waals surface area contributed by atoms with Gasteiger partial charge in [-0.3, -0.25) is 4.79 Å². The third kappa shape index (κ3) is 3.96. The standard InChI is InChI=1S/C13H19ClN2O2/c1-8(7-17)15-12(18)9-5-10(13(2,3)4)16-11(14)6-9/h5-6,8,17H,7H2,1-4H3,(H,15,18)/t8-/m0/s1. The van der Waals surface area contributed by atoms with E-state index >= 15 is 0 Å². The van der Waals surface area contributed by atoms with Crippen LogP contribution in [-0.2, 0) is 5.41 Å². The van der Waals surface area contributed by atoms with Gasteiger partial charge in [-0.2, -0.15) is 0 Å². The van der Waals surface area contributed by atoms with E-state index in [9.17, 15) is 4.79 Å². The zero-order chi connectivity index (χ0) is 13.9. The Labute approximate surface area is 112 Å². The van der Waals surface area contributed by atoms with Crippen LogP contribution in [0.4, 0.5) is 0 Å². The third-order valence-corrected chi connectivity index (χ3v) is 2.67. The van der Waals surface area contributed by atoms with Crippen LogP contribution in [0.2, 0.25) is 5.15 Å². The minimum atomic E-state index is -0.289. The second-order valence-corrected chi connectivity index (χ2v) is 5.76. The van der Waals surface area contributed by atoms with Crippen molar-refractivity contribution in [3.8, 4) is 0 Å². The lowest BCUT2D eigenvalue weighted by Gasteiger charge is -2.19. The van der Waals surface area contributed by atoms with Gasteiger partial charge in [-0.05, 0) is 19.1 Å². The maximum atomic E-state index is 11.9. The topological polar surface area (TPSA) is 62.2 Å². The van der Waals surface area contributed by atoms with Gasteiger partial charge in [-0.25, -0.2) is 4.98 Å². The Morgan fingerprint density at radius 2 is 2.11 bits per heavy atom. The number of hydrogen-bond acceptors (Lipinski definition) is 3. The zero-order valence-electron chi connectivity index (χ0n) is 11.1. The number of hydrogen-bond donors (Lipinski definition) is 2. The van der Waals surface area contributed by atoms with E-state index in [0.717, 1.165) is 5.69 Å². The molecule has 0 saturated carbocycles. The SMILES string of the molecule is C[C@@H](CO)NC(=O)c1cc(Cl)nc(C(C)(C)C)c1. The molecular formula is C13H19ClN2O2. The molecule has 0 spiro atoms.